The molecule has 4 rings (SSSR count). The summed E-state index contributed by atoms with van der Waals surface area (Å²) in [4.78, 5) is 51.9. The molecule has 0 atom stereocenters. The van der Waals surface area contributed by atoms with E-state index in [2.05, 4.69) is 18.2 Å². The molecule has 0 radical (unpaired) electrons. The fourth-order valence-electron chi connectivity index (χ4n) is 4.02. The second-order valence-electron chi connectivity index (χ2n) is 9.93. The van der Waals surface area contributed by atoms with Crippen molar-refractivity contribution in [1.29, 1.82) is 0 Å². The minimum Gasteiger partial charge on any atom is -0.493 e. The van der Waals surface area contributed by atoms with E-state index in [1.807, 2.05) is 0 Å². The summed E-state index contributed by atoms with van der Waals surface area (Å²) >= 11 is 0. The molecule has 0 aliphatic carbocycles. The number of benzene rings is 4. The van der Waals surface area contributed by atoms with Gasteiger partial charge in [-0.3, -0.25) is 4.99 Å². The van der Waals surface area contributed by atoms with Crippen molar-refractivity contribution in [3.05, 3.63) is 133 Å². The number of hydrogen-bond acceptors (Lipinski definition) is 12. The number of rotatable bonds is 17. The third-order valence-electron chi connectivity index (χ3n) is 6.51. The maximum absolute atomic E-state index is 12.8. The molecule has 0 N–H and O–H groups in total. The van der Waals surface area contributed by atoms with Crippen molar-refractivity contribution in [1.82, 2.24) is 0 Å². The first-order valence-electron chi connectivity index (χ1n) is 15.1. The maximum atomic E-state index is 12.8. The SMILES string of the molecule is C=CC(=O)OCCOc1ccc(C(=O)Oc2ccc(N=Cc3ccc(OC(=O)c4ccc(OCCOC(=O)C=C)cc4)c(OC)c3)cc2)cc1. The largest absolute Gasteiger partial charge is 0.493 e. The van der Waals surface area contributed by atoms with Crippen molar-refractivity contribution in [3.8, 4) is 28.7 Å². The lowest BCUT2D eigenvalue weighted by Crippen LogP contribution is -2.11. The highest BCUT2D eigenvalue weighted by atomic mass is 16.6. The Kier molecular flexibility index (Phi) is 13.4. The lowest BCUT2D eigenvalue weighted by molar-refractivity contribution is -0.139. The zero-order valence-electron chi connectivity index (χ0n) is 27.1. The Morgan fingerprint density at radius 2 is 1.10 bits per heavy atom. The highest BCUT2D eigenvalue weighted by Gasteiger charge is 2.14. The van der Waals surface area contributed by atoms with E-state index < -0.39 is 23.9 Å². The van der Waals surface area contributed by atoms with E-state index in [0.717, 1.165) is 12.2 Å². The van der Waals surface area contributed by atoms with Gasteiger partial charge in [0.25, 0.3) is 0 Å². The summed E-state index contributed by atoms with van der Waals surface area (Å²) in [5.74, 6) is -0.333. The molecule has 256 valence electrons. The first-order chi connectivity index (χ1) is 24.3. The zero-order chi connectivity index (χ0) is 35.7. The van der Waals surface area contributed by atoms with Crippen molar-refractivity contribution in [2.24, 2.45) is 4.99 Å². The van der Waals surface area contributed by atoms with Crippen molar-refractivity contribution in [2.45, 2.75) is 0 Å². The Bertz CT molecular complexity index is 1830. The summed E-state index contributed by atoms with van der Waals surface area (Å²) in [5, 5.41) is 0. The van der Waals surface area contributed by atoms with Gasteiger partial charge in [0.15, 0.2) is 11.5 Å². The van der Waals surface area contributed by atoms with Crippen LogP contribution in [0.15, 0.2) is 121 Å². The molecule has 12 heteroatoms. The van der Waals surface area contributed by atoms with E-state index >= 15 is 0 Å². The molecule has 4 aromatic carbocycles. The molecule has 0 amide bonds. The Hall–Kier alpha value is -6.69. The summed E-state index contributed by atoms with van der Waals surface area (Å²) < 4.78 is 37.1. The smallest absolute Gasteiger partial charge is 0.343 e. The standard InChI is InChI=1S/C38H33NO11/c1-4-35(40)47-22-20-45-30-13-7-27(8-14-30)37(42)49-32-17-11-29(12-18-32)39-25-26-6-19-33(34(24-26)44-3)50-38(43)28-9-15-31(16-10-28)46-21-23-48-36(41)5-2/h4-19,24-25H,1-2,20-23H2,3H3. The van der Waals surface area contributed by atoms with Gasteiger partial charge in [0.2, 0.25) is 0 Å². The fourth-order valence-corrected chi connectivity index (χ4v) is 4.02. The number of ether oxygens (including phenoxy) is 7. The van der Waals surface area contributed by atoms with Gasteiger partial charge in [0.1, 0.15) is 43.7 Å². The average Bonchev–Trinajstić information content (AvgIpc) is 3.15. The lowest BCUT2D eigenvalue weighted by Gasteiger charge is -2.11. The molecule has 0 saturated heterocycles. The topological polar surface area (TPSA) is 145 Å². The molecule has 0 aliphatic heterocycles. The number of aliphatic imine (C=N–C) groups is 1. The van der Waals surface area contributed by atoms with Crippen molar-refractivity contribution in [2.75, 3.05) is 33.5 Å². The molecular weight excluding hydrogens is 646 g/mol. The van der Waals surface area contributed by atoms with Gasteiger partial charge < -0.3 is 33.2 Å². The van der Waals surface area contributed by atoms with E-state index in [0.29, 0.717) is 45.4 Å². The normalized spacial score (nSPS) is 10.4. The van der Waals surface area contributed by atoms with Crippen LogP contribution in [0, 0.1) is 0 Å². The van der Waals surface area contributed by atoms with Crippen LogP contribution in [0.2, 0.25) is 0 Å². The maximum Gasteiger partial charge on any atom is 0.343 e. The van der Waals surface area contributed by atoms with Gasteiger partial charge >= 0.3 is 23.9 Å². The van der Waals surface area contributed by atoms with Gasteiger partial charge in [0.05, 0.1) is 23.9 Å². The van der Waals surface area contributed by atoms with Gasteiger partial charge in [0, 0.05) is 18.4 Å². The highest BCUT2D eigenvalue weighted by molar-refractivity contribution is 5.92. The van der Waals surface area contributed by atoms with Crippen molar-refractivity contribution in [3.63, 3.8) is 0 Å². The summed E-state index contributed by atoms with van der Waals surface area (Å²) in [6.07, 6.45) is 3.75. The number of esters is 4. The first kappa shape index (κ1) is 36.2. The molecule has 12 nitrogen and oxygen atoms in total. The van der Waals surface area contributed by atoms with Crippen molar-refractivity contribution < 1.29 is 52.3 Å². The van der Waals surface area contributed by atoms with Crippen LogP contribution in [0.3, 0.4) is 0 Å². The van der Waals surface area contributed by atoms with Crippen LogP contribution in [0.5, 0.6) is 28.7 Å². The Morgan fingerprint density at radius 3 is 1.60 bits per heavy atom. The van der Waals surface area contributed by atoms with Crippen LogP contribution < -0.4 is 23.7 Å². The fraction of sp³-hybridized carbons (Fsp3) is 0.132. The zero-order valence-corrected chi connectivity index (χ0v) is 27.1. The molecule has 0 fully saturated rings. The minimum absolute atomic E-state index is 0.0644. The molecule has 0 unspecified atom stereocenters. The summed E-state index contributed by atoms with van der Waals surface area (Å²) in [6.45, 7) is 7.08. The summed E-state index contributed by atoms with van der Waals surface area (Å²) in [7, 11) is 1.46. The number of nitrogens with zero attached hydrogens (tertiary/aromatic N) is 1. The van der Waals surface area contributed by atoms with Crippen LogP contribution in [-0.2, 0) is 19.1 Å². The van der Waals surface area contributed by atoms with Crippen LogP contribution in [0.4, 0.5) is 5.69 Å². The highest BCUT2D eigenvalue weighted by Crippen LogP contribution is 2.29. The number of carbonyl (C=O) groups excluding carboxylic acids is 4. The van der Waals surface area contributed by atoms with Crippen LogP contribution in [0.25, 0.3) is 0 Å². The molecule has 50 heavy (non-hydrogen) atoms. The van der Waals surface area contributed by atoms with E-state index in [9.17, 15) is 19.2 Å². The molecule has 0 bridgehead atoms. The molecule has 0 saturated carbocycles. The second-order valence-corrected chi connectivity index (χ2v) is 9.93. The monoisotopic (exact) mass is 679 g/mol. The molecule has 0 heterocycles. The molecule has 4 aromatic rings. The van der Waals surface area contributed by atoms with E-state index in [4.69, 9.17) is 33.2 Å². The molecule has 0 aromatic heterocycles. The average molecular weight is 680 g/mol. The lowest BCUT2D eigenvalue weighted by atomic mass is 10.2. The molecule has 0 spiro atoms. The van der Waals surface area contributed by atoms with E-state index in [-0.39, 0.29) is 32.2 Å². The Labute approximate surface area is 288 Å². The van der Waals surface area contributed by atoms with Gasteiger partial charge in [-0.1, -0.05) is 13.2 Å². The predicted octanol–water partition coefficient (Wildman–Crippen LogP) is 6.10. The summed E-state index contributed by atoms with van der Waals surface area (Å²) in [5.41, 5.74) is 1.90. The Balaban J connectivity index is 1.26. The number of hydrogen-bond donors (Lipinski definition) is 0. The first-order valence-corrected chi connectivity index (χ1v) is 15.1. The minimum atomic E-state index is -0.594. The van der Waals surface area contributed by atoms with E-state index in [1.165, 1.54) is 7.11 Å². The molecular formula is C38H33NO11. The van der Waals surface area contributed by atoms with Crippen LogP contribution in [-0.4, -0.2) is 63.6 Å². The van der Waals surface area contributed by atoms with Gasteiger partial charge in [-0.25, -0.2) is 19.2 Å². The Morgan fingerprint density at radius 1 is 0.600 bits per heavy atom. The van der Waals surface area contributed by atoms with Crippen LogP contribution >= 0.6 is 0 Å². The number of methoxy groups -OCH3 is 1. The van der Waals surface area contributed by atoms with Gasteiger partial charge in [-0.2, -0.15) is 0 Å². The van der Waals surface area contributed by atoms with Gasteiger partial charge in [-0.15, -0.1) is 0 Å². The van der Waals surface area contributed by atoms with E-state index in [1.54, 1.807) is 97.2 Å². The third kappa shape index (κ3) is 11.2. The summed E-state index contributed by atoms with van der Waals surface area (Å²) in [6, 6.07) is 24.3. The second kappa shape index (κ2) is 18.6. The predicted molar refractivity (Wildman–Crippen MR) is 183 cm³/mol. The molecule has 0 aliphatic rings. The van der Waals surface area contributed by atoms with Crippen molar-refractivity contribution >= 4 is 35.8 Å². The number of carbonyl (C=O) groups is 4. The van der Waals surface area contributed by atoms with Gasteiger partial charge in [-0.05, 0) is 96.6 Å². The quantitative estimate of drug-likeness (QED) is 0.0420. The van der Waals surface area contributed by atoms with Crippen LogP contribution in [0.1, 0.15) is 26.3 Å². The third-order valence-corrected chi connectivity index (χ3v) is 6.51.